The second-order valence-corrected chi connectivity index (χ2v) is 8.41. The van der Waals surface area contributed by atoms with E-state index in [0.29, 0.717) is 12.3 Å². The molecule has 0 aromatic heterocycles. The van der Waals surface area contributed by atoms with Crippen LogP contribution in [0.5, 0.6) is 5.75 Å². The molecule has 0 unspecified atom stereocenters. The van der Waals surface area contributed by atoms with Crippen LogP contribution in [0.4, 0.5) is 5.69 Å². The highest BCUT2D eigenvalue weighted by Gasteiger charge is 2.22. The van der Waals surface area contributed by atoms with Crippen LogP contribution in [0.3, 0.4) is 0 Å². The molecule has 0 heterocycles. The van der Waals surface area contributed by atoms with E-state index in [0.717, 1.165) is 33.0 Å². The monoisotopic (exact) mass is 390 g/mol. The molecule has 0 atom stereocenters. The fourth-order valence-corrected chi connectivity index (χ4v) is 3.47. The van der Waals surface area contributed by atoms with Crippen molar-refractivity contribution < 1.29 is 17.9 Å². The summed E-state index contributed by atoms with van der Waals surface area (Å²) in [5.74, 6) is 0.344. The predicted octanol–water partition coefficient (Wildman–Crippen LogP) is 2.57. The quantitative estimate of drug-likeness (QED) is 0.703. The molecular formula is C20H26N2O4S. The molecule has 7 heteroatoms. The van der Waals surface area contributed by atoms with Crippen LogP contribution < -0.4 is 14.4 Å². The molecule has 1 amide bonds. The summed E-state index contributed by atoms with van der Waals surface area (Å²) in [6, 6.07) is 13.0. The summed E-state index contributed by atoms with van der Waals surface area (Å²) in [5.41, 5.74) is 3.46. The average Bonchev–Trinajstić information content (AvgIpc) is 2.60. The smallest absolute Gasteiger partial charge is 0.240 e. The van der Waals surface area contributed by atoms with Crippen molar-refractivity contribution in [3.8, 4) is 5.75 Å². The standard InChI is InChI=1S/C20H26N2O4S/c1-15-8-10-18(11-9-15)26-13-12-21-20(23)14-22(27(4,24)25)19-7-5-6-16(2)17(19)3/h5-11H,12-14H2,1-4H3,(H,21,23). The number of sulfonamides is 1. The van der Waals surface area contributed by atoms with Gasteiger partial charge in [0.2, 0.25) is 15.9 Å². The lowest BCUT2D eigenvalue weighted by atomic mass is 10.1. The minimum atomic E-state index is -3.59. The molecule has 0 saturated heterocycles. The Bertz CT molecular complexity index is 893. The van der Waals surface area contributed by atoms with Crippen molar-refractivity contribution in [3.05, 3.63) is 59.2 Å². The number of benzene rings is 2. The highest BCUT2D eigenvalue weighted by molar-refractivity contribution is 7.92. The number of ether oxygens (including phenoxy) is 1. The molecule has 0 spiro atoms. The Morgan fingerprint density at radius 2 is 1.74 bits per heavy atom. The number of nitrogens with one attached hydrogen (secondary N) is 1. The van der Waals surface area contributed by atoms with Crippen LogP contribution in [0.1, 0.15) is 16.7 Å². The van der Waals surface area contributed by atoms with Crippen molar-refractivity contribution in [2.75, 3.05) is 30.3 Å². The van der Waals surface area contributed by atoms with E-state index in [1.165, 1.54) is 0 Å². The van der Waals surface area contributed by atoms with Crippen molar-refractivity contribution in [3.63, 3.8) is 0 Å². The lowest BCUT2D eigenvalue weighted by molar-refractivity contribution is -0.119. The fourth-order valence-electron chi connectivity index (χ4n) is 2.57. The van der Waals surface area contributed by atoms with Crippen LogP contribution >= 0.6 is 0 Å². The Balaban J connectivity index is 1.94. The van der Waals surface area contributed by atoms with Gasteiger partial charge in [-0.2, -0.15) is 0 Å². The summed E-state index contributed by atoms with van der Waals surface area (Å²) < 4.78 is 31.1. The van der Waals surface area contributed by atoms with Gasteiger partial charge in [-0.25, -0.2) is 8.42 Å². The molecule has 0 bridgehead atoms. The van der Waals surface area contributed by atoms with Gasteiger partial charge in [-0.15, -0.1) is 0 Å². The Labute approximate surface area is 161 Å². The second-order valence-electron chi connectivity index (χ2n) is 6.50. The van der Waals surface area contributed by atoms with Gasteiger partial charge in [-0.1, -0.05) is 29.8 Å². The van der Waals surface area contributed by atoms with Gasteiger partial charge in [0.15, 0.2) is 0 Å². The summed E-state index contributed by atoms with van der Waals surface area (Å²) in [6.07, 6.45) is 1.10. The van der Waals surface area contributed by atoms with Crippen LogP contribution in [-0.2, 0) is 14.8 Å². The number of hydrogen-bond acceptors (Lipinski definition) is 4. The first-order valence-electron chi connectivity index (χ1n) is 8.68. The van der Waals surface area contributed by atoms with E-state index in [2.05, 4.69) is 5.32 Å². The Kier molecular flexibility index (Phi) is 6.85. The van der Waals surface area contributed by atoms with Gasteiger partial charge < -0.3 is 10.1 Å². The molecule has 0 fully saturated rings. The minimum absolute atomic E-state index is 0.270. The van der Waals surface area contributed by atoms with Gasteiger partial charge in [0, 0.05) is 0 Å². The maximum atomic E-state index is 12.3. The van der Waals surface area contributed by atoms with E-state index < -0.39 is 10.0 Å². The summed E-state index contributed by atoms with van der Waals surface area (Å²) in [4.78, 5) is 12.3. The van der Waals surface area contributed by atoms with E-state index in [-0.39, 0.29) is 19.0 Å². The first-order valence-corrected chi connectivity index (χ1v) is 10.5. The van der Waals surface area contributed by atoms with Crippen LogP contribution in [0.25, 0.3) is 0 Å². The zero-order chi connectivity index (χ0) is 20.0. The SMILES string of the molecule is Cc1ccc(OCCNC(=O)CN(c2cccc(C)c2C)S(C)(=O)=O)cc1. The van der Waals surface area contributed by atoms with Crippen LogP contribution in [-0.4, -0.2) is 40.3 Å². The van der Waals surface area contributed by atoms with Crippen LogP contribution in [0, 0.1) is 20.8 Å². The number of nitrogens with zero attached hydrogens (tertiary/aromatic N) is 1. The van der Waals surface area contributed by atoms with Gasteiger partial charge >= 0.3 is 0 Å². The van der Waals surface area contributed by atoms with E-state index in [4.69, 9.17) is 4.74 Å². The third-order valence-corrected chi connectivity index (χ3v) is 5.37. The lowest BCUT2D eigenvalue weighted by Gasteiger charge is -2.24. The van der Waals surface area contributed by atoms with Gasteiger partial charge in [-0.05, 0) is 50.1 Å². The number of aryl methyl sites for hydroxylation is 2. The Morgan fingerprint density at radius 1 is 1.07 bits per heavy atom. The molecule has 0 radical (unpaired) electrons. The molecule has 2 aromatic carbocycles. The average molecular weight is 391 g/mol. The normalized spacial score (nSPS) is 11.1. The Morgan fingerprint density at radius 3 is 2.37 bits per heavy atom. The molecule has 146 valence electrons. The van der Waals surface area contributed by atoms with Gasteiger partial charge in [0.1, 0.15) is 18.9 Å². The summed E-state index contributed by atoms with van der Waals surface area (Å²) in [6.45, 7) is 6.06. The van der Waals surface area contributed by atoms with Gasteiger partial charge in [0.25, 0.3) is 0 Å². The first kappa shape index (κ1) is 20.8. The molecule has 0 aliphatic heterocycles. The highest BCUT2D eigenvalue weighted by Crippen LogP contribution is 2.24. The molecule has 6 nitrogen and oxygen atoms in total. The van der Waals surface area contributed by atoms with Crippen molar-refractivity contribution in [1.29, 1.82) is 0 Å². The zero-order valence-electron chi connectivity index (χ0n) is 16.2. The number of rotatable bonds is 8. The molecule has 0 aliphatic rings. The lowest BCUT2D eigenvalue weighted by Crippen LogP contribution is -2.41. The number of carbonyl (C=O) groups is 1. The molecular weight excluding hydrogens is 364 g/mol. The Hall–Kier alpha value is -2.54. The molecule has 1 N–H and O–H groups in total. The van der Waals surface area contributed by atoms with Crippen molar-refractivity contribution in [1.82, 2.24) is 5.32 Å². The molecule has 0 aliphatic carbocycles. The van der Waals surface area contributed by atoms with Crippen molar-refractivity contribution >= 4 is 21.6 Å². The van der Waals surface area contributed by atoms with Crippen molar-refractivity contribution in [2.24, 2.45) is 0 Å². The second kappa shape index (κ2) is 8.90. The minimum Gasteiger partial charge on any atom is -0.492 e. The van der Waals surface area contributed by atoms with Crippen LogP contribution in [0.2, 0.25) is 0 Å². The van der Waals surface area contributed by atoms with Gasteiger partial charge in [0.05, 0.1) is 18.5 Å². The zero-order valence-corrected chi connectivity index (χ0v) is 17.0. The topological polar surface area (TPSA) is 75.7 Å². The van der Waals surface area contributed by atoms with E-state index >= 15 is 0 Å². The number of anilines is 1. The summed E-state index contributed by atoms with van der Waals surface area (Å²) in [7, 11) is -3.59. The largest absolute Gasteiger partial charge is 0.492 e. The third kappa shape index (κ3) is 5.99. The maximum absolute atomic E-state index is 12.3. The van der Waals surface area contributed by atoms with E-state index in [1.54, 1.807) is 12.1 Å². The molecule has 2 rings (SSSR count). The molecule has 27 heavy (non-hydrogen) atoms. The maximum Gasteiger partial charge on any atom is 0.240 e. The number of carbonyl (C=O) groups excluding carboxylic acids is 1. The number of hydrogen-bond donors (Lipinski definition) is 1. The van der Waals surface area contributed by atoms with Crippen LogP contribution in [0.15, 0.2) is 42.5 Å². The van der Waals surface area contributed by atoms with Crippen molar-refractivity contribution in [2.45, 2.75) is 20.8 Å². The first-order chi connectivity index (χ1) is 12.7. The highest BCUT2D eigenvalue weighted by atomic mass is 32.2. The predicted molar refractivity (Wildman–Crippen MR) is 108 cm³/mol. The van der Waals surface area contributed by atoms with Gasteiger partial charge in [-0.3, -0.25) is 9.10 Å². The summed E-state index contributed by atoms with van der Waals surface area (Å²) in [5, 5.41) is 2.70. The summed E-state index contributed by atoms with van der Waals surface area (Å²) >= 11 is 0. The molecule has 2 aromatic rings. The molecule has 0 saturated carbocycles. The number of amides is 1. The fraction of sp³-hybridized carbons (Fsp3) is 0.350. The van der Waals surface area contributed by atoms with E-state index in [9.17, 15) is 13.2 Å². The van der Waals surface area contributed by atoms with E-state index in [1.807, 2.05) is 51.1 Å². The third-order valence-electron chi connectivity index (χ3n) is 4.25.